The van der Waals surface area contributed by atoms with Gasteiger partial charge in [-0.05, 0) is 18.4 Å². The molecule has 0 aromatic carbocycles. The van der Waals surface area contributed by atoms with E-state index in [0.717, 1.165) is 6.42 Å². The average molecular weight is 301 g/mol. The second-order valence-corrected chi connectivity index (χ2v) is 6.55. The largest absolute Gasteiger partial charge is 0.387 e. The third-order valence-electron chi connectivity index (χ3n) is 2.72. The van der Waals surface area contributed by atoms with Crippen molar-refractivity contribution in [1.29, 1.82) is 0 Å². The molecule has 0 bridgehead atoms. The third kappa shape index (κ3) is 5.44. The number of hydrogen-bond donors (Lipinski definition) is 2. The van der Waals surface area contributed by atoms with Crippen molar-refractivity contribution in [2.24, 2.45) is 5.92 Å². The summed E-state index contributed by atoms with van der Waals surface area (Å²) in [4.78, 5) is 3.99. The normalized spacial score (nSPS) is 11.8. The first-order chi connectivity index (χ1) is 9.47. The molecule has 114 valence electrons. The summed E-state index contributed by atoms with van der Waals surface area (Å²) >= 11 is 0. The molecule has 0 fully saturated rings. The van der Waals surface area contributed by atoms with Crippen LogP contribution >= 0.6 is 0 Å². The van der Waals surface area contributed by atoms with Crippen molar-refractivity contribution in [1.82, 2.24) is 9.71 Å². The lowest BCUT2D eigenvalue weighted by Crippen LogP contribution is -2.28. The van der Waals surface area contributed by atoms with Crippen molar-refractivity contribution in [3.05, 3.63) is 18.5 Å². The third-order valence-corrected chi connectivity index (χ3v) is 4.21. The fourth-order valence-corrected chi connectivity index (χ4v) is 2.71. The fraction of sp³-hybridized carbons (Fsp3) is 0.615. The molecule has 0 atom stereocenters. The molecule has 1 heterocycles. The second-order valence-electron chi connectivity index (χ2n) is 4.81. The Labute approximate surface area is 121 Å². The van der Waals surface area contributed by atoms with Crippen molar-refractivity contribution in [2.45, 2.75) is 25.2 Å². The highest BCUT2D eigenvalue weighted by Gasteiger charge is 2.17. The summed E-state index contributed by atoms with van der Waals surface area (Å²) in [5.74, 6) is 0.584. The number of rotatable bonds is 9. The van der Waals surface area contributed by atoms with Gasteiger partial charge in [0.1, 0.15) is 4.90 Å². The number of sulfonamides is 1. The molecule has 1 aromatic heterocycles. The van der Waals surface area contributed by atoms with Gasteiger partial charge in [0.15, 0.2) is 0 Å². The number of anilines is 1. The predicted octanol–water partition coefficient (Wildman–Crippen LogP) is 1.46. The molecular weight excluding hydrogens is 278 g/mol. The van der Waals surface area contributed by atoms with E-state index < -0.39 is 10.0 Å². The van der Waals surface area contributed by atoms with Crippen LogP contribution in [0.3, 0.4) is 0 Å². The van der Waals surface area contributed by atoms with Gasteiger partial charge in [-0.3, -0.25) is 4.98 Å². The van der Waals surface area contributed by atoms with Gasteiger partial charge < -0.3 is 10.1 Å². The molecule has 0 aliphatic rings. The quantitative estimate of drug-likeness (QED) is 0.675. The number of nitrogens with one attached hydrogen (secondary N) is 2. The maximum absolute atomic E-state index is 12.1. The fourth-order valence-electron chi connectivity index (χ4n) is 1.55. The second kappa shape index (κ2) is 8.18. The highest BCUT2D eigenvalue weighted by atomic mass is 32.2. The summed E-state index contributed by atoms with van der Waals surface area (Å²) < 4.78 is 32.1. The minimum absolute atomic E-state index is 0.143. The van der Waals surface area contributed by atoms with Crippen LogP contribution in [-0.4, -0.2) is 40.2 Å². The Hall–Kier alpha value is -1.18. The molecule has 0 saturated carbocycles. The zero-order valence-corrected chi connectivity index (χ0v) is 13.0. The minimum atomic E-state index is -3.56. The molecule has 20 heavy (non-hydrogen) atoms. The molecule has 1 rings (SSSR count). The smallest absolute Gasteiger partial charge is 0.244 e. The summed E-state index contributed by atoms with van der Waals surface area (Å²) in [6.07, 6.45) is 3.84. The Morgan fingerprint density at radius 1 is 1.35 bits per heavy atom. The van der Waals surface area contributed by atoms with Crippen LogP contribution in [-0.2, 0) is 14.8 Å². The van der Waals surface area contributed by atoms with Gasteiger partial charge in [-0.15, -0.1) is 0 Å². The molecular formula is C13H23N3O3S. The van der Waals surface area contributed by atoms with E-state index in [1.807, 2.05) is 0 Å². The molecule has 7 heteroatoms. The van der Waals surface area contributed by atoms with Crippen LogP contribution in [0.1, 0.15) is 20.3 Å². The Bertz CT molecular complexity index is 503. The van der Waals surface area contributed by atoms with Crippen LogP contribution in [0, 0.1) is 5.92 Å². The topological polar surface area (TPSA) is 80.3 Å². The molecule has 0 amide bonds. The maximum atomic E-state index is 12.1. The Balaban J connectivity index is 2.46. The van der Waals surface area contributed by atoms with E-state index >= 15 is 0 Å². The van der Waals surface area contributed by atoms with Gasteiger partial charge in [-0.1, -0.05) is 13.8 Å². The van der Waals surface area contributed by atoms with E-state index in [2.05, 4.69) is 28.9 Å². The minimum Gasteiger partial charge on any atom is -0.387 e. The predicted molar refractivity (Wildman–Crippen MR) is 79.2 cm³/mol. The zero-order valence-electron chi connectivity index (χ0n) is 12.2. The monoisotopic (exact) mass is 301 g/mol. The van der Waals surface area contributed by atoms with Gasteiger partial charge in [0.2, 0.25) is 10.0 Å². The van der Waals surface area contributed by atoms with Crippen LogP contribution in [0.2, 0.25) is 0 Å². The summed E-state index contributed by atoms with van der Waals surface area (Å²) in [5.41, 5.74) is 0.522. The lowest BCUT2D eigenvalue weighted by atomic mass is 10.1. The SMILES string of the molecule is CNc1ccncc1S(=O)(=O)NCCOCCC(C)C. The Morgan fingerprint density at radius 2 is 2.10 bits per heavy atom. The molecule has 0 unspecified atom stereocenters. The van der Waals surface area contributed by atoms with Crippen molar-refractivity contribution in [3.63, 3.8) is 0 Å². The highest BCUT2D eigenvalue weighted by Crippen LogP contribution is 2.18. The van der Waals surface area contributed by atoms with Gasteiger partial charge in [0, 0.05) is 32.6 Å². The van der Waals surface area contributed by atoms with Gasteiger partial charge in [-0.25, -0.2) is 13.1 Å². The van der Waals surface area contributed by atoms with E-state index in [1.54, 1.807) is 19.3 Å². The van der Waals surface area contributed by atoms with Gasteiger partial charge in [-0.2, -0.15) is 0 Å². The lowest BCUT2D eigenvalue weighted by molar-refractivity contribution is 0.128. The Morgan fingerprint density at radius 3 is 2.75 bits per heavy atom. The Kier molecular flexibility index (Phi) is 6.90. The maximum Gasteiger partial charge on any atom is 0.244 e. The van der Waals surface area contributed by atoms with Crippen LogP contribution in [0.5, 0.6) is 0 Å². The summed E-state index contributed by atoms with van der Waals surface area (Å²) in [7, 11) is -1.89. The van der Waals surface area contributed by atoms with E-state index in [-0.39, 0.29) is 11.4 Å². The summed E-state index contributed by atoms with van der Waals surface area (Å²) in [5, 5.41) is 2.83. The number of ether oxygens (including phenoxy) is 1. The van der Waals surface area contributed by atoms with E-state index in [1.165, 1.54) is 6.20 Å². The van der Waals surface area contributed by atoms with Crippen LogP contribution < -0.4 is 10.0 Å². The number of pyridine rings is 1. The van der Waals surface area contributed by atoms with Gasteiger partial charge in [0.05, 0.1) is 12.3 Å². The molecule has 2 N–H and O–H groups in total. The molecule has 0 radical (unpaired) electrons. The first kappa shape index (κ1) is 16.9. The summed E-state index contributed by atoms with van der Waals surface area (Å²) in [6.45, 7) is 5.50. The van der Waals surface area contributed by atoms with Gasteiger partial charge >= 0.3 is 0 Å². The van der Waals surface area contributed by atoms with Crippen molar-refractivity contribution in [2.75, 3.05) is 32.1 Å². The number of aromatic nitrogens is 1. The molecule has 0 saturated heterocycles. The highest BCUT2D eigenvalue weighted by molar-refractivity contribution is 7.89. The zero-order chi connectivity index (χ0) is 15.0. The van der Waals surface area contributed by atoms with Gasteiger partial charge in [0.25, 0.3) is 0 Å². The first-order valence-corrected chi connectivity index (χ1v) is 8.15. The molecule has 1 aromatic rings. The number of nitrogens with zero attached hydrogens (tertiary/aromatic N) is 1. The van der Waals surface area contributed by atoms with E-state index in [0.29, 0.717) is 24.8 Å². The van der Waals surface area contributed by atoms with Crippen molar-refractivity contribution < 1.29 is 13.2 Å². The van der Waals surface area contributed by atoms with E-state index in [4.69, 9.17) is 4.74 Å². The molecule has 0 aliphatic heterocycles. The molecule has 0 aliphatic carbocycles. The number of hydrogen-bond acceptors (Lipinski definition) is 5. The van der Waals surface area contributed by atoms with Crippen LogP contribution in [0.25, 0.3) is 0 Å². The van der Waals surface area contributed by atoms with Crippen LogP contribution in [0.4, 0.5) is 5.69 Å². The lowest BCUT2D eigenvalue weighted by Gasteiger charge is -2.11. The summed E-state index contributed by atoms with van der Waals surface area (Å²) in [6, 6.07) is 1.62. The van der Waals surface area contributed by atoms with E-state index in [9.17, 15) is 8.42 Å². The molecule has 0 spiro atoms. The van der Waals surface area contributed by atoms with Crippen molar-refractivity contribution >= 4 is 15.7 Å². The first-order valence-electron chi connectivity index (χ1n) is 6.66. The van der Waals surface area contributed by atoms with Crippen LogP contribution in [0.15, 0.2) is 23.4 Å². The average Bonchev–Trinajstić information content (AvgIpc) is 2.42. The molecule has 6 nitrogen and oxygen atoms in total. The standard InChI is InChI=1S/C13H23N3O3S/c1-11(2)5-8-19-9-7-16-20(17,18)13-10-15-6-4-12(13)14-3/h4,6,10-11,16H,5,7-9H2,1-3H3,(H,14,15). The van der Waals surface area contributed by atoms with Crippen molar-refractivity contribution in [3.8, 4) is 0 Å².